The lowest BCUT2D eigenvalue weighted by Crippen LogP contribution is -2.54. The Morgan fingerprint density at radius 1 is 1.02 bits per heavy atom. The molecule has 4 heterocycles. The summed E-state index contributed by atoms with van der Waals surface area (Å²) in [6.07, 6.45) is 7.92. The number of hydrogen-bond donors (Lipinski definition) is 0. The molecule has 1 amide bonds. The third-order valence-corrected chi connectivity index (χ3v) is 10.3. The van der Waals surface area contributed by atoms with Crippen LogP contribution in [0.5, 0.6) is 0 Å². The van der Waals surface area contributed by atoms with Crippen molar-refractivity contribution in [2.45, 2.75) is 96.4 Å². The van der Waals surface area contributed by atoms with E-state index in [1.54, 1.807) is 0 Å². The van der Waals surface area contributed by atoms with Gasteiger partial charge < -0.3 is 9.64 Å². The van der Waals surface area contributed by atoms with E-state index in [-0.39, 0.29) is 48.6 Å². The number of likely N-dealkylation sites (tertiary alicyclic amines) is 2. The second-order valence-corrected chi connectivity index (χ2v) is 13.4. The van der Waals surface area contributed by atoms with Crippen molar-refractivity contribution in [3.63, 3.8) is 0 Å². The molecular weight excluding hydrogens is 521 g/mol. The minimum Gasteiger partial charge on any atom is -0.434 e. The predicted molar refractivity (Wildman–Crippen MR) is 155 cm³/mol. The van der Waals surface area contributed by atoms with Crippen LogP contribution in [0.25, 0.3) is 10.9 Å². The highest BCUT2D eigenvalue weighted by atomic mass is 19.1. The molecule has 3 atom stereocenters. The van der Waals surface area contributed by atoms with Crippen LogP contribution in [0.3, 0.4) is 0 Å². The van der Waals surface area contributed by atoms with Crippen LogP contribution in [-0.4, -0.2) is 70.4 Å². The number of hydrogen-bond acceptors (Lipinski definition) is 5. The van der Waals surface area contributed by atoms with Gasteiger partial charge in [-0.25, -0.2) is 4.79 Å². The van der Waals surface area contributed by atoms with E-state index in [9.17, 15) is 18.8 Å². The quantitative estimate of drug-likeness (QED) is 0.416. The average Bonchev–Trinajstić information content (AvgIpc) is 3.65. The summed E-state index contributed by atoms with van der Waals surface area (Å²) in [5.41, 5.74) is 1.59. The first-order valence-corrected chi connectivity index (χ1v) is 15.7. The number of alkyl halides is 1. The number of rotatable bonds is 7. The summed E-state index contributed by atoms with van der Waals surface area (Å²) in [5.74, 6) is 0.204. The fraction of sp³-hybridized carbons (Fsp3) is 0.667. The van der Waals surface area contributed by atoms with Crippen LogP contribution in [0.1, 0.15) is 88.2 Å². The monoisotopic (exact) mass is 565 g/mol. The van der Waals surface area contributed by atoms with Crippen LogP contribution >= 0.6 is 0 Å². The van der Waals surface area contributed by atoms with Gasteiger partial charge in [0.15, 0.2) is 11.5 Å². The molecule has 222 valence electrons. The number of Topliss-reactive ketones (excluding diaryl/α,β-unsaturated/α-hetero) is 1. The summed E-state index contributed by atoms with van der Waals surface area (Å²) < 4.78 is 20.7. The van der Waals surface area contributed by atoms with Crippen molar-refractivity contribution < 1.29 is 23.5 Å². The maximum absolute atomic E-state index is 14.1. The Morgan fingerprint density at radius 2 is 1.76 bits per heavy atom. The molecular formula is C33H44FN3O4. The number of amides is 1. The molecule has 41 heavy (non-hydrogen) atoms. The van der Waals surface area contributed by atoms with Gasteiger partial charge in [-0.1, -0.05) is 19.4 Å². The van der Waals surface area contributed by atoms with E-state index in [0.29, 0.717) is 18.2 Å². The maximum Gasteiger partial charge on any atom is 0.357 e. The number of cyclic esters (lactones) is 1. The fourth-order valence-electron chi connectivity index (χ4n) is 8.08. The average molecular weight is 566 g/mol. The van der Waals surface area contributed by atoms with E-state index in [2.05, 4.69) is 4.90 Å². The zero-order valence-corrected chi connectivity index (χ0v) is 24.7. The van der Waals surface area contributed by atoms with Gasteiger partial charge in [-0.15, -0.1) is 0 Å². The Labute approximate surface area is 242 Å². The van der Waals surface area contributed by atoms with Gasteiger partial charge in [-0.3, -0.25) is 23.4 Å². The van der Waals surface area contributed by atoms with E-state index in [1.807, 2.05) is 54.5 Å². The first kappa shape index (κ1) is 28.4. The second-order valence-electron chi connectivity index (χ2n) is 13.4. The standard InChI is InChI=1S/C33H44FN3O4/c1-21(20-34)23-8-10-24(11-9-23)31(39)36-16-13-27(35-14-5-4-6-15-35)30(36)29(38)18-22-7-12-26-25(17-22)19-28-32(40)41-33(2,3)37(26)28/h7,12,17,19,21,23-24,27,30H,4-6,8-11,13-16,18,20H2,1-3H3/t21-,23?,24?,27-,30+/m1/s1. The van der Waals surface area contributed by atoms with Crippen molar-refractivity contribution >= 4 is 28.6 Å². The van der Waals surface area contributed by atoms with Crippen molar-refractivity contribution in [2.24, 2.45) is 17.8 Å². The topological polar surface area (TPSA) is 71.8 Å². The minimum absolute atomic E-state index is 0.0479. The van der Waals surface area contributed by atoms with Gasteiger partial charge in [0.2, 0.25) is 5.91 Å². The molecule has 2 saturated heterocycles. The molecule has 4 aliphatic rings. The van der Waals surface area contributed by atoms with Crippen molar-refractivity contribution in [1.29, 1.82) is 0 Å². The van der Waals surface area contributed by atoms with Gasteiger partial charge in [0.25, 0.3) is 0 Å². The predicted octanol–water partition coefficient (Wildman–Crippen LogP) is 5.48. The Kier molecular flexibility index (Phi) is 7.72. The molecule has 1 saturated carbocycles. The number of halogens is 1. The van der Waals surface area contributed by atoms with E-state index in [1.165, 1.54) is 6.42 Å². The molecule has 0 spiro atoms. The number of nitrogens with zero attached hydrogens (tertiary/aromatic N) is 3. The van der Waals surface area contributed by atoms with Gasteiger partial charge in [-0.2, -0.15) is 0 Å². The van der Waals surface area contributed by atoms with Crippen molar-refractivity contribution in [3.05, 3.63) is 35.5 Å². The molecule has 0 bridgehead atoms. The number of carbonyl (C=O) groups is 3. The SMILES string of the molecule is C[C@H](CF)C1CCC(C(=O)N2CC[C@@H](N3CCCCC3)[C@H]2C(=O)Cc2ccc3c(c2)cc2n3C(C)(C)OC2=O)CC1. The largest absolute Gasteiger partial charge is 0.434 e. The second kappa shape index (κ2) is 11.2. The number of aromatic nitrogens is 1. The van der Waals surface area contributed by atoms with Crippen LogP contribution in [0, 0.1) is 17.8 Å². The normalized spacial score (nSPS) is 29.0. The number of ketones is 1. The van der Waals surface area contributed by atoms with Crippen LogP contribution < -0.4 is 0 Å². The van der Waals surface area contributed by atoms with Gasteiger partial charge in [0.05, 0.1) is 12.2 Å². The number of carbonyl (C=O) groups excluding carboxylic acids is 3. The number of piperidine rings is 1. The molecule has 0 radical (unpaired) electrons. The van der Waals surface area contributed by atoms with Gasteiger partial charge in [-0.05, 0) is 107 Å². The van der Waals surface area contributed by atoms with Crippen LogP contribution in [0.4, 0.5) is 4.39 Å². The van der Waals surface area contributed by atoms with E-state index in [0.717, 1.165) is 74.5 Å². The van der Waals surface area contributed by atoms with Gasteiger partial charge >= 0.3 is 5.97 Å². The van der Waals surface area contributed by atoms with E-state index >= 15 is 0 Å². The zero-order valence-electron chi connectivity index (χ0n) is 24.7. The summed E-state index contributed by atoms with van der Waals surface area (Å²) in [6.45, 7) is 8.00. The fourth-order valence-corrected chi connectivity index (χ4v) is 8.08. The zero-order chi connectivity index (χ0) is 28.9. The lowest BCUT2D eigenvalue weighted by Gasteiger charge is -2.38. The summed E-state index contributed by atoms with van der Waals surface area (Å²) in [7, 11) is 0. The lowest BCUT2D eigenvalue weighted by atomic mass is 9.76. The molecule has 0 N–H and O–H groups in total. The molecule has 2 aromatic rings. The van der Waals surface area contributed by atoms with Crippen molar-refractivity contribution in [3.8, 4) is 0 Å². The molecule has 1 aromatic carbocycles. The lowest BCUT2D eigenvalue weighted by molar-refractivity contribution is -0.143. The number of esters is 1. The van der Waals surface area contributed by atoms with Gasteiger partial charge in [0, 0.05) is 30.3 Å². The van der Waals surface area contributed by atoms with Crippen LogP contribution in [0.15, 0.2) is 24.3 Å². The van der Waals surface area contributed by atoms with Crippen LogP contribution in [0.2, 0.25) is 0 Å². The van der Waals surface area contributed by atoms with Gasteiger partial charge in [0.1, 0.15) is 11.7 Å². The van der Waals surface area contributed by atoms with Crippen LogP contribution in [-0.2, 0) is 26.5 Å². The molecule has 1 aliphatic carbocycles. The highest BCUT2D eigenvalue weighted by Gasteiger charge is 2.46. The third-order valence-electron chi connectivity index (χ3n) is 10.3. The molecule has 3 fully saturated rings. The molecule has 0 unspecified atom stereocenters. The molecule has 7 nitrogen and oxygen atoms in total. The number of ether oxygens (including phenoxy) is 1. The Bertz CT molecular complexity index is 1320. The van der Waals surface area contributed by atoms with E-state index in [4.69, 9.17) is 4.74 Å². The third kappa shape index (κ3) is 5.21. The molecule has 3 aliphatic heterocycles. The maximum atomic E-state index is 14.1. The summed E-state index contributed by atoms with van der Waals surface area (Å²) >= 11 is 0. The molecule has 1 aromatic heterocycles. The van der Waals surface area contributed by atoms with E-state index < -0.39 is 11.8 Å². The summed E-state index contributed by atoms with van der Waals surface area (Å²) in [6, 6.07) is 7.42. The Hall–Kier alpha value is -2.74. The Morgan fingerprint density at radius 3 is 2.46 bits per heavy atom. The summed E-state index contributed by atoms with van der Waals surface area (Å²) in [5, 5.41) is 0.918. The first-order valence-electron chi connectivity index (χ1n) is 15.7. The minimum atomic E-state index is -0.749. The highest BCUT2D eigenvalue weighted by Crippen LogP contribution is 2.38. The molecule has 8 heteroatoms. The molecule has 6 rings (SSSR count). The highest BCUT2D eigenvalue weighted by molar-refractivity contribution is 5.98. The number of benzene rings is 1. The van der Waals surface area contributed by atoms with Crippen molar-refractivity contribution in [2.75, 3.05) is 26.3 Å². The number of fused-ring (bicyclic) bond motifs is 3. The van der Waals surface area contributed by atoms with Crippen molar-refractivity contribution in [1.82, 2.24) is 14.4 Å². The summed E-state index contributed by atoms with van der Waals surface area (Å²) in [4.78, 5) is 44.8. The Balaban J connectivity index is 1.22. The first-order chi connectivity index (χ1) is 19.7. The smallest absolute Gasteiger partial charge is 0.357 e.